The molecular weight excluding hydrogens is 829 g/mol. The Kier molecular flexibility index (Phi) is 16.3. The summed E-state index contributed by atoms with van der Waals surface area (Å²) in [5.74, 6) is 0.430. The molecule has 0 aliphatic heterocycles. The number of aromatic nitrogens is 4. The molecule has 4 aromatic carbocycles. The maximum absolute atomic E-state index is 13.4. The number of fused-ring (bicyclic) bond motifs is 2. The van der Waals surface area contributed by atoms with Crippen LogP contribution in [-0.2, 0) is 26.5 Å². The quantitative estimate of drug-likeness (QED) is 0.0292. The summed E-state index contributed by atoms with van der Waals surface area (Å²) in [7, 11) is 0. The Labute approximate surface area is 347 Å². The molecular formula is C38H38Cl2F2FeN8O6. The predicted octanol–water partition coefficient (Wildman–Crippen LogP) is 9.43. The Morgan fingerprint density at radius 1 is 0.702 bits per heavy atom. The van der Waals surface area contributed by atoms with Crippen LogP contribution in [-0.4, -0.2) is 63.5 Å². The van der Waals surface area contributed by atoms with Crippen molar-refractivity contribution in [2.75, 3.05) is 42.8 Å². The second-order valence-corrected chi connectivity index (χ2v) is 13.3. The van der Waals surface area contributed by atoms with Crippen molar-refractivity contribution >= 4 is 79.4 Å². The minimum absolute atomic E-state index is 0. The monoisotopic (exact) mass is 866 g/mol. The maximum atomic E-state index is 13.4. The van der Waals surface area contributed by atoms with Gasteiger partial charge in [-0.3, -0.25) is 10.1 Å². The van der Waals surface area contributed by atoms with Crippen LogP contribution in [0.25, 0.3) is 21.8 Å². The average molecular weight is 868 g/mol. The van der Waals surface area contributed by atoms with E-state index in [1.54, 1.807) is 18.2 Å². The van der Waals surface area contributed by atoms with Crippen LogP contribution in [0.15, 0.2) is 73.3 Å². The largest absolute Gasteiger partial charge is 0.489 e. The van der Waals surface area contributed by atoms with Crippen LogP contribution < -0.4 is 25.8 Å². The Bertz CT molecular complexity index is 2330. The number of nitro groups is 1. The minimum Gasteiger partial charge on any atom is -0.489 e. The molecule has 0 spiro atoms. The van der Waals surface area contributed by atoms with Crippen LogP contribution in [0.2, 0.25) is 10.0 Å². The van der Waals surface area contributed by atoms with Crippen molar-refractivity contribution in [1.82, 2.24) is 19.9 Å². The molecule has 0 bridgehead atoms. The smallest absolute Gasteiger partial charge is 0.311 e. The van der Waals surface area contributed by atoms with Crippen molar-refractivity contribution in [2.45, 2.75) is 39.9 Å². The van der Waals surface area contributed by atoms with Crippen LogP contribution in [0.4, 0.5) is 43.2 Å². The first-order chi connectivity index (χ1) is 26.8. The van der Waals surface area contributed by atoms with Gasteiger partial charge in [-0.25, -0.2) is 28.7 Å². The molecule has 0 radical (unpaired) electrons. The molecule has 6 rings (SSSR count). The zero-order chi connectivity index (χ0) is 40.4. The van der Waals surface area contributed by atoms with Crippen LogP contribution in [0, 0.1) is 21.7 Å². The van der Waals surface area contributed by atoms with Crippen molar-refractivity contribution in [1.29, 1.82) is 0 Å². The number of rotatable bonds is 15. The first kappa shape index (κ1) is 44.6. The summed E-state index contributed by atoms with van der Waals surface area (Å²) >= 11 is 11.6. The second-order valence-electron chi connectivity index (χ2n) is 12.5. The van der Waals surface area contributed by atoms with Crippen molar-refractivity contribution < 1.29 is 49.7 Å². The molecule has 0 saturated carbocycles. The Morgan fingerprint density at radius 3 is 1.61 bits per heavy atom. The average Bonchev–Trinajstić information content (AvgIpc) is 3.15. The predicted molar refractivity (Wildman–Crippen MR) is 213 cm³/mol. The third-order valence-corrected chi connectivity index (χ3v) is 8.21. The number of nitrogens with zero attached hydrogens (tertiary/aromatic N) is 5. The van der Waals surface area contributed by atoms with Gasteiger partial charge in [0.15, 0.2) is 5.75 Å². The molecule has 57 heavy (non-hydrogen) atoms. The molecule has 302 valence electrons. The molecule has 0 saturated heterocycles. The topological polar surface area (TPSA) is 182 Å². The number of ether oxygens (including phenoxy) is 4. The van der Waals surface area contributed by atoms with Crippen molar-refractivity contribution in [2.24, 2.45) is 0 Å². The standard InChI is InChI=1S/C19H18ClFN4O4.C19H20ClFN4O2.Fe/c1-11(2)28-5-6-29-18-9-16-13(8-17(18)25(26)27)19(23-10-22-16)24-12-3-4-15(21)14(20)7-12;1-11(2)26-5-6-27-18-9-17-13(8-16(18)22)19(24-10-23-17)25-12-3-4-15(21)14(20)7-12;/h3-4,7-11H,5-6H2,1-2H3,(H,22,23,24);3-4,7-11H,5-6,22H2,1-2H3,(H,23,24,25);. The van der Waals surface area contributed by atoms with Gasteiger partial charge in [0.25, 0.3) is 0 Å². The fraction of sp³-hybridized carbons (Fsp3) is 0.263. The van der Waals surface area contributed by atoms with Gasteiger partial charge in [0.1, 0.15) is 54.9 Å². The SMILES string of the molecule is CC(C)OCCOc1cc2ncnc(Nc3ccc(F)c(Cl)c3)c2cc1N.CC(C)OCCOc1cc2ncnc(Nc3ccc(F)c(Cl)c3)c2cc1[N+](=O)[O-].[Fe]. The molecule has 0 aliphatic rings. The van der Waals surface area contributed by atoms with Crippen molar-refractivity contribution in [3.05, 3.63) is 105 Å². The normalized spacial score (nSPS) is 10.9. The van der Waals surface area contributed by atoms with Crippen LogP contribution >= 0.6 is 23.2 Å². The molecule has 0 amide bonds. The van der Waals surface area contributed by atoms with E-state index in [1.165, 1.54) is 55.1 Å². The van der Waals surface area contributed by atoms with Crippen LogP contribution in [0.3, 0.4) is 0 Å². The Hall–Kier alpha value is -5.16. The van der Waals surface area contributed by atoms with Crippen molar-refractivity contribution in [3.8, 4) is 11.5 Å². The number of anilines is 5. The fourth-order valence-electron chi connectivity index (χ4n) is 5.05. The third kappa shape index (κ3) is 12.4. The molecule has 4 N–H and O–H groups in total. The summed E-state index contributed by atoms with van der Waals surface area (Å²) in [4.78, 5) is 27.8. The summed E-state index contributed by atoms with van der Waals surface area (Å²) in [6.45, 7) is 9.02. The fourth-order valence-corrected chi connectivity index (χ4v) is 5.41. The van der Waals surface area contributed by atoms with E-state index in [4.69, 9.17) is 47.9 Å². The van der Waals surface area contributed by atoms with Gasteiger partial charge in [0.2, 0.25) is 0 Å². The molecule has 0 unspecified atom stereocenters. The second kappa shape index (κ2) is 20.8. The number of benzene rings is 4. The molecule has 0 fully saturated rings. The first-order valence-electron chi connectivity index (χ1n) is 17.2. The summed E-state index contributed by atoms with van der Waals surface area (Å²) in [6.07, 6.45) is 2.92. The molecule has 2 heterocycles. The van der Waals surface area contributed by atoms with E-state index in [0.717, 1.165) is 0 Å². The zero-order valence-electron chi connectivity index (χ0n) is 31.0. The van der Waals surface area contributed by atoms with E-state index >= 15 is 0 Å². The van der Waals surface area contributed by atoms with Crippen LogP contribution in [0.5, 0.6) is 11.5 Å². The summed E-state index contributed by atoms with van der Waals surface area (Å²) in [5.41, 5.74) is 8.54. The van der Waals surface area contributed by atoms with Gasteiger partial charge >= 0.3 is 5.69 Å². The number of nitrogens with one attached hydrogen (secondary N) is 2. The molecule has 6 aromatic rings. The molecule has 19 heteroatoms. The van der Waals surface area contributed by atoms with E-state index in [1.807, 2.05) is 27.7 Å². The zero-order valence-corrected chi connectivity index (χ0v) is 33.7. The van der Waals surface area contributed by atoms with E-state index in [9.17, 15) is 18.9 Å². The summed E-state index contributed by atoms with van der Waals surface area (Å²) in [6, 6.07) is 14.7. The number of nitrogens with two attached hydrogens (primary N) is 1. The molecule has 0 atom stereocenters. The number of halogens is 4. The van der Waals surface area contributed by atoms with E-state index in [-0.39, 0.29) is 57.4 Å². The molecule has 14 nitrogen and oxygen atoms in total. The van der Waals surface area contributed by atoms with Crippen LogP contribution in [0.1, 0.15) is 27.7 Å². The maximum Gasteiger partial charge on any atom is 0.311 e. The van der Waals surface area contributed by atoms with Gasteiger partial charge < -0.3 is 35.3 Å². The Balaban J connectivity index is 0.000000249. The van der Waals surface area contributed by atoms with E-state index < -0.39 is 16.6 Å². The van der Waals surface area contributed by atoms with Gasteiger partial charge in [-0.05, 0) is 70.2 Å². The van der Waals surface area contributed by atoms with Gasteiger partial charge in [-0.2, -0.15) is 0 Å². The van der Waals surface area contributed by atoms with Gasteiger partial charge in [-0.1, -0.05) is 23.2 Å². The third-order valence-electron chi connectivity index (χ3n) is 7.63. The first-order valence-corrected chi connectivity index (χ1v) is 17.9. The van der Waals surface area contributed by atoms with Gasteiger partial charge in [0, 0.05) is 52.0 Å². The summed E-state index contributed by atoms with van der Waals surface area (Å²) < 4.78 is 48.8. The number of hydrogen-bond acceptors (Lipinski definition) is 13. The van der Waals surface area contributed by atoms with Gasteiger partial charge in [-0.15, -0.1) is 0 Å². The number of nitrogen functional groups attached to an aromatic ring is 1. The number of nitro benzene ring substituents is 1. The van der Waals surface area contributed by atoms with E-state index in [0.29, 0.717) is 76.1 Å². The molecule has 2 aromatic heterocycles. The van der Waals surface area contributed by atoms with Crippen molar-refractivity contribution in [3.63, 3.8) is 0 Å². The minimum atomic E-state index is -0.552. The summed E-state index contributed by atoms with van der Waals surface area (Å²) in [5, 5.41) is 18.7. The van der Waals surface area contributed by atoms with Gasteiger partial charge in [0.05, 0.1) is 62.5 Å². The number of hydrogen-bond donors (Lipinski definition) is 3. The van der Waals surface area contributed by atoms with E-state index in [2.05, 4.69) is 30.6 Å². The Morgan fingerprint density at radius 2 is 1.16 bits per heavy atom. The molecule has 0 aliphatic carbocycles.